The maximum atomic E-state index is 14.0. The molecule has 2 N–H and O–H groups in total. The molecule has 10 heteroatoms. The molecule has 0 radical (unpaired) electrons. The normalized spacial score (nSPS) is 26.6. The van der Waals surface area contributed by atoms with Gasteiger partial charge in [-0.1, -0.05) is 0 Å². The van der Waals surface area contributed by atoms with E-state index in [0.29, 0.717) is 43.3 Å². The van der Waals surface area contributed by atoms with Gasteiger partial charge in [-0.3, -0.25) is 0 Å². The van der Waals surface area contributed by atoms with Crippen molar-refractivity contribution in [2.45, 2.75) is 76.6 Å². The molecule has 186 valence electrons. The van der Waals surface area contributed by atoms with Gasteiger partial charge in [0.05, 0.1) is 24.4 Å². The first-order valence-corrected chi connectivity index (χ1v) is 12.6. The topological polar surface area (TPSA) is 101 Å². The first kappa shape index (κ1) is 22.5. The van der Waals surface area contributed by atoms with E-state index in [1.54, 1.807) is 0 Å². The summed E-state index contributed by atoms with van der Waals surface area (Å²) in [5.74, 6) is 2.18. The number of hydrogen-bond acceptors (Lipinski definition) is 8. The molecule has 0 unspecified atom stereocenters. The minimum atomic E-state index is -0.832. The molecular formula is C25H32FN7O2. The number of rotatable bonds is 4. The second-order valence-electron chi connectivity index (χ2n) is 10.4. The van der Waals surface area contributed by atoms with Gasteiger partial charge in [0.15, 0.2) is 5.65 Å². The number of alkyl halides is 1. The molecule has 1 atom stereocenters. The monoisotopic (exact) mass is 481 g/mol. The fraction of sp³-hybridized carbons (Fsp3) is 0.600. The molecule has 5 heterocycles. The molecule has 9 nitrogen and oxygen atoms in total. The smallest absolute Gasteiger partial charge is 0.235 e. The van der Waals surface area contributed by atoms with Gasteiger partial charge in [0.25, 0.3) is 0 Å². The van der Waals surface area contributed by atoms with E-state index in [-0.39, 0.29) is 6.04 Å². The summed E-state index contributed by atoms with van der Waals surface area (Å²) in [6.45, 7) is 5.49. The van der Waals surface area contributed by atoms with E-state index in [0.717, 1.165) is 67.2 Å². The molecule has 0 bridgehead atoms. The zero-order valence-electron chi connectivity index (χ0n) is 20.3. The maximum Gasteiger partial charge on any atom is 0.235 e. The summed E-state index contributed by atoms with van der Waals surface area (Å²) in [6, 6.07) is 4.11. The molecular weight excluding hydrogens is 449 g/mol. The lowest BCUT2D eigenvalue weighted by Crippen LogP contribution is -2.36. The van der Waals surface area contributed by atoms with E-state index in [9.17, 15) is 9.50 Å². The van der Waals surface area contributed by atoms with Crippen LogP contribution in [0.4, 0.5) is 16.0 Å². The SMILES string of the molecule is Cc1nc2c(nc1-c1cc3nc(N4CC[C@@H](F)C4)cc(NC4CCC(C)(O)CC4)n3n1)CCCO2. The lowest BCUT2D eigenvalue weighted by molar-refractivity contribution is 0.0196. The van der Waals surface area contributed by atoms with Crippen LogP contribution >= 0.6 is 0 Å². The Morgan fingerprint density at radius 3 is 2.77 bits per heavy atom. The lowest BCUT2D eigenvalue weighted by atomic mass is 9.84. The largest absolute Gasteiger partial charge is 0.476 e. The minimum Gasteiger partial charge on any atom is -0.476 e. The number of aromatic nitrogens is 5. The van der Waals surface area contributed by atoms with Crippen molar-refractivity contribution in [2.24, 2.45) is 0 Å². The fourth-order valence-corrected chi connectivity index (χ4v) is 5.32. The number of fused-ring (bicyclic) bond motifs is 2. The van der Waals surface area contributed by atoms with Gasteiger partial charge in [0.1, 0.15) is 34.9 Å². The molecule has 0 aromatic carbocycles. The molecule has 6 rings (SSSR count). The molecule has 2 aliphatic heterocycles. The molecule has 1 aliphatic carbocycles. The van der Waals surface area contributed by atoms with E-state index >= 15 is 0 Å². The van der Waals surface area contributed by atoms with Gasteiger partial charge in [0, 0.05) is 24.7 Å². The van der Waals surface area contributed by atoms with Gasteiger partial charge in [0.2, 0.25) is 5.88 Å². The molecule has 2 fully saturated rings. The van der Waals surface area contributed by atoms with Crippen LogP contribution in [0.3, 0.4) is 0 Å². The number of aliphatic hydroxyl groups is 1. The van der Waals surface area contributed by atoms with Gasteiger partial charge >= 0.3 is 0 Å². The van der Waals surface area contributed by atoms with E-state index in [1.165, 1.54) is 0 Å². The summed E-state index contributed by atoms with van der Waals surface area (Å²) >= 11 is 0. The highest BCUT2D eigenvalue weighted by atomic mass is 19.1. The van der Waals surface area contributed by atoms with Gasteiger partial charge in [-0.05, 0) is 58.8 Å². The third-order valence-corrected chi connectivity index (χ3v) is 7.43. The molecule has 1 saturated heterocycles. The van der Waals surface area contributed by atoms with Crippen LogP contribution in [0.2, 0.25) is 0 Å². The lowest BCUT2D eigenvalue weighted by Gasteiger charge is -2.34. The molecule has 0 spiro atoms. The average molecular weight is 482 g/mol. The number of ether oxygens (including phenoxy) is 1. The van der Waals surface area contributed by atoms with Crippen LogP contribution in [-0.2, 0) is 6.42 Å². The highest BCUT2D eigenvalue weighted by Gasteiger charge is 2.30. The van der Waals surface area contributed by atoms with Crippen molar-refractivity contribution in [3.8, 4) is 17.3 Å². The predicted molar refractivity (Wildman–Crippen MR) is 131 cm³/mol. The molecule has 3 aromatic heterocycles. The number of halogens is 1. The Morgan fingerprint density at radius 1 is 1.17 bits per heavy atom. The van der Waals surface area contributed by atoms with E-state index in [4.69, 9.17) is 19.8 Å². The summed E-state index contributed by atoms with van der Waals surface area (Å²) in [6.07, 6.45) is 4.68. The van der Waals surface area contributed by atoms with Gasteiger partial charge < -0.3 is 20.1 Å². The van der Waals surface area contributed by atoms with Crippen molar-refractivity contribution >= 4 is 17.3 Å². The van der Waals surface area contributed by atoms with Gasteiger partial charge in [-0.15, -0.1) is 0 Å². The molecule has 3 aromatic rings. The van der Waals surface area contributed by atoms with E-state index in [2.05, 4.69) is 10.3 Å². The zero-order valence-corrected chi connectivity index (χ0v) is 20.3. The standard InChI is InChI=1S/C25H32FN7O2/c1-15-23(29-18-4-3-11-35-24(18)27-15)19-12-21-30-20(32-10-7-16(26)14-32)13-22(33(21)31-19)28-17-5-8-25(2,34)9-6-17/h12-13,16-17,28,34H,3-11,14H2,1-2H3/t16-,17?,25?/m1/s1. The first-order chi connectivity index (χ1) is 16.8. The van der Waals surface area contributed by atoms with Gasteiger partial charge in [-0.2, -0.15) is 9.61 Å². The van der Waals surface area contributed by atoms with Crippen molar-refractivity contribution in [1.29, 1.82) is 0 Å². The van der Waals surface area contributed by atoms with Crippen LogP contribution < -0.4 is 15.0 Å². The van der Waals surface area contributed by atoms with Crippen molar-refractivity contribution < 1.29 is 14.2 Å². The Hall–Kier alpha value is -3.01. The van der Waals surface area contributed by atoms with E-state index in [1.807, 2.05) is 35.4 Å². The number of hydrogen-bond donors (Lipinski definition) is 2. The van der Waals surface area contributed by atoms with Crippen LogP contribution in [0.25, 0.3) is 17.0 Å². The summed E-state index contributed by atoms with van der Waals surface area (Å²) < 4.78 is 21.5. The molecule has 3 aliphatic rings. The Kier molecular flexibility index (Phi) is 5.51. The third-order valence-electron chi connectivity index (χ3n) is 7.43. The summed E-state index contributed by atoms with van der Waals surface area (Å²) in [5, 5.41) is 18.9. The molecule has 35 heavy (non-hydrogen) atoms. The summed E-state index contributed by atoms with van der Waals surface area (Å²) in [4.78, 5) is 16.3. The van der Waals surface area contributed by atoms with Crippen molar-refractivity contribution in [3.05, 3.63) is 23.5 Å². The highest BCUT2D eigenvalue weighted by Crippen LogP contribution is 2.33. The number of nitrogens with one attached hydrogen (secondary N) is 1. The summed E-state index contributed by atoms with van der Waals surface area (Å²) in [5.41, 5.74) is 3.13. The van der Waals surface area contributed by atoms with Crippen LogP contribution in [0.1, 0.15) is 56.8 Å². The average Bonchev–Trinajstić information content (AvgIpc) is 3.46. The quantitative estimate of drug-likeness (QED) is 0.584. The van der Waals surface area contributed by atoms with Gasteiger partial charge in [-0.25, -0.2) is 19.3 Å². The Morgan fingerprint density at radius 2 is 2.00 bits per heavy atom. The maximum absolute atomic E-state index is 14.0. The second kappa shape index (κ2) is 8.58. The van der Waals surface area contributed by atoms with Crippen molar-refractivity contribution in [3.63, 3.8) is 0 Å². The van der Waals surface area contributed by atoms with Crippen LogP contribution in [-0.4, -0.2) is 67.2 Å². The van der Waals surface area contributed by atoms with Crippen molar-refractivity contribution in [2.75, 3.05) is 29.9 Å². The second-order valence-corrected chi connectivity index (χ2v) is 10.4. The predicted octanol–water partition coefficient (Wildman–Crippen LogP) is 3.47. The van der Waals surface area contributed by atoms with Crippen LogP contribution in [0, 0.1) is 6.92 Å². The minimum absolute atomic E-state index is 0.219. The van der Waals surface area contributed by atoms with E-state index < -0.39 is 11.8 Å². The van der Waals surface area contributed by atoms with Crippen LogP contribution in [0.5, 0.6) is 5.88 Å². The number of nitrogens with zero attached hydrogens (tertiary/aromatic N) is 6. The zero-order chi connectivity index (χ0) is 24.2. The highest BCUT2D eigenvalue weighted by molar-refractivity contribution is 5.67. The number of anilines is 2. The van der Waals surface area contributed by atoms with Crippen molar-refractivity contribution in [1.82, 2.24) is 24.6 Å². The molecule has 0 amide bonds. The first-order valence-electron chi connectivity index (χ1n) is 12.6. The van der Waals surface area contributed by atoms with Crippen LogP contribution in [0.15, 0.2) is 12.1 Å². The Labute approximate surface area is 203 Å². The third kappa shape index (κ3) is 4.39. The molecule has 1 saturated carbocycles. The number of aryl methyl sites for hydroxylation is 2. The fourth-order valence-electron chi connectivity index (χ4n) is 5.32. The Balaban J connectivity index is 1.39. The Bertz CT molecular complexity index is 1250. The summed E-state index contributed by atoms with van der Waals surface area (Å²) in [7, 11) is 0.